The smallest absolute Gasteiger partial charge is 0.244 e. The maximum absolute atomic E-state index is 11.8. The first-order valence-corrected chi connectivity index (χ1v) is 7.47. The van der Waals surface area contributed by atoms with E-state index in [0.717, 1.165) is 16.7 Å². The van der Waals surface area contributed by atoms with Crippen molar-refractivity contribution >= 4 is 17.9 Å². The van der Waals surface area contributed by atoms with E-state index in [9.17, 15) is 9.59 Å². The van der Waals surface area contributed by atoms with Gasteiger partial charge in [0.25, 0.3) is 0 Å². The van der Waals surface area contributed by atoms with Crippen LogP contribution in [0.25, 0.3) is 6.08 Å². The van der Waals surface area contributed by atoms with Gasteiger partial charge in [-0.1, -0.05) is 54.6 Å². The molecule has 0 saturated heterocycles. The second-order valence-corrected chi connectivity index (χ2v) is 5.17. The molecule has 0 aliphatic rings. The van der Waals surface area contributed by atoms with Crippen LogP contribution in [0.15, 0.2) is 60.7 Å². The van der Waals surface area contributed by atoms with Gasteiger partial charge in [0, 0.05) is 12.6 Å². The quantitative estimate of drug-likeness (QED) is 0.805. The Morgan fingerprint density at radius 1 is 0.957 bits per heavy atom. The van der Waals surface area contributed by atoms with Crippen LogP contribution in [0.4, 0.5) is 0 Å². The van der Waals surface area contributed by atoms with E-state index in [-0.39, 0.29) is 18.4 Å². The lowest BCUT2D eigenvalue weighted by Crippen LogP contribution is -2.36. The Morgan fingerprint density at radius 3 is 2.39 bits per heavy atom. The van der Waals surface area contributed by atoms with Gasteiger partial charge in [-0.05, 0) is 29.7 Å². The number of nitrogens with one attached hydrogen (secondary N) is 2. The zero-order valence-electron chi connectivity index (χ0n) is 13.1. The molecule has 4 nitrogen and oxygen atoms in total. The summed E-state index contributed by atoms with van der Waals surface area (Å²) in [6, 6.07) is 17.4. The molecule has 0 aliphatic heterocycles. The highest BCUT2D eigenvalue weighted by Crippen LogP contribution is 2.05. The molecule has 0 heterocycles. The lowest BCUT2D eigenvalue weighted by Gasteiger charge is -2.08. The second-order valence-electron chi connectivity index (χ2n) is 5.17. The van der Waals surface area contributed by atoms with Gasteiger partial charge in [-0.15, -0.1) is 0 Å². The third kappa shape index (κ3) is 5.79. The topological polar surface area (TPSA) is 58.2 Å². The Bertz CT molecular complexity index is 694. The van der Waals surface area contributed by atoms with E-state index >= 15 is 0 Å². The van der Waals surface area contributed by atoms with Gasteiger partial charge in [0.05, 0.1) is 6.54 Å². The van der Waals surface area contributed by atoms with Crippen molar-refractivity contribution in [2.45, 2.75) is 13.5 Å². The van der Waals surface area contributed by atoms with Crippen LogP contribution in [0.1, 0.15) is 16.7 Å². The standard InChI is InChI=1S/C19H20N2O2/c1-15-7-5-6-10-17(15)13-20-19(23)14-21-18(22)12-11-16-8-3-2-4-9-16/h2-12H,13-14H2,1H3,(H,20,23)(H,21,22)/b12-11+. The Balaban J connectivity index is 1.73. The van der Waals surface area contributed by atoms with E-state index in [2.05, 4.69) is 10.6 Å². The van der Waals surface area contributed by atoms with Crippen LogP contribution < -0.4 is 10.6 Å². The molecule has 0 bridgehead atoms. The van der Waals surface area contributed by atoms with Crippen molar-refractivity contribution in [2.75, 3.05) is 6.54 Å². The van der Waals surface area contributed by atoms with E-state index in [1.54, 1.807) is 6.08 Å². The molecular formula is C19H20N2O2. The molecule has 2 rings (SSSR count). The minimum Gasteiger partial charge on any atom is -0.350 e. The molecule has 0 fully saturated rings. The highest BCUT2D eigenvalue weighted by atomic mass is 16.2. The fraction of sp³-hybridized carbons (Fsp3) is 0.158. The number of benzene rings is 2. The van der Waals surface area contributed by atoms with Crippen molar-refractivity contribution in [1.29, 1.82) is 0 Å². The summed E-state index contributed by atoms with van der Waals surface area (Å²) in [5.41, 5.74) is 3.13. The Morgan fingerprint density at radius 2 is 1.65 bits per heavy atom. The number of carbonyl (C=O) groups is 2. The summed E-state index contributed by atoms with van der Waals surface area (Å²) in [4.78, 5) is 23.4. The first-order valence-electron chi connectivity index (χ1n) is 7.47. The molecule has 0 unspecified atom stereocenters. The summed E-state index contributed by atoms with van der Waals surface area (Å²) in [5.74, 6) is -0.505. The monoisotopic (exact) mass is 308 g/mol. The van der Waals surface area contributed by atoms with E-state index in [1.165, 1.54) is 6.08 Å². The summed E-state index contributed by atoms with van der Waals surface area (Å²) < 4.78 is 0. The molecule has 2 amide bonds. The minimum absolute atomic E-state index is 0.0379. The molecule has 2 aromatic carbocycles. The van der Waals surface area contributed by atoms with Gasteiger partial charge in [0.15, 0.2) is 0 Å². The van der Waals surface area contributed by atoms with Crippen molar-refractivity contribution in [3.63, 3.8) is 0 Å². The van der Waals surface area contributed by atoms with Crippen LogP contribution in [-0.2, 0) is 16.1 Å². The predicted octanol–water partition coefficient (Wildman–Crippen LogP) is 2.44. The third-order valence-corrected chi connectivity index (χ3v) is 3.39. The third-order valence-electron chi connectivity index (χ3n) is 3.39. The summed E-state index contributed by atoms with van der Waals surface area (Å²) >= 11 is 0. The molecule has 0 saturated carbocycles. The van der Waals surface area contributed by atoms with Gasteiger partial charge in [-0.2, -0.15) is 0 Å². The summed E-state index contributed by atoms with van der Waals surface area (Å²) in [6.07, 6.45) is 3.13. The number of rotatable bonds is 6. The number of hydrogen-bond acceptors (Lipinski definition) is 2. The Labute approximate surface area is 136 Å². The van der Waals surface area contributed by atoms with Gasteiger partial charge in [0.2, 0.25) is 11.8 Å². The van der Waals surface area contributed by atoms with Crippen molar-refractivity contribution in [3.8, 4) is 0 Å². The second kappa shape index (κ2) is 8.54. The first-order chi connectivity index (χ1) is 11.1. The van der Waals surface area contributed by atoms with Crippen LogP contribution in [-0.4, -0.2) is 18.4 Å². The normalized spacial score (nSPS) is 10.5. The SMILES string of the molecule is Cc1ccccc1CNC(=O)CNC(=O)/C=C/c1ccccc1. The Hall–Kier alpha value is -2.88. The number of carbonyl (C=O) groups excluding carboxylic acids is 2. The largest absolute Gasteiger partial charge is 0.350 e. The van der Waals surface area contributed by atoms with Crippen LogP contribution in [0.2, 0.25) is 0 Å². The van der Waals surface area contributed by atoms with Crippen LogP contribution in [0, 0.1) is 6.92 Å². The van der Waals surface area contributed by atoms with Crippen LogP contribution in [0.5, 0.6) is 0 Å². The van der Waals surface area contributed by atoms with Crippen molar-refractivity contribution in [3.05, 3.63) is 77.4 Å². The van der Waals surface area contributed by atoms with Gasteiger partial charge >= 0.3 is 0 Å². The molecule has 4 heteroatoms. The lowest BCUT2D eigenvalue weighted by molar-refractivity contribution is -0.124. The highest BCUT2D eigenvalue weighted by Gasteiger charge is 2.04. The van der Waals surface area contributed by atoms with Crippen molar-refractivity contribution < 1.29 is 9.59 Å². The zero-order valence-corrected chi connectivity index (χ0v) is 13.1. The van der Waals surface area contributed by atoms with Crippen molar-refractivity contribution in [1.82, 2.24) is 10.6 Å². The summed E-state index contributed by atoms with van der Waals surface area (Å²) in [6.45, 7) is 2.42. The van der Waals surface area contributed by atoms with Crippen LogP contribution >= 0.6 is 0 Å². The molecule has 2 N–H and O–H groups in total. The molecule has 0 radical (unpaired) electrons. The maximum Gasteiger partial charge on any atom is 0.244 e. The predicted molar refractivity (Wildman–Crippen MR) is 91.5 cm³/mol. The number of amides is 2. The fourth-order valence-electron chi connectivity index (χ4n) is 2.03. The number of aryl methyl sites for hydroxylation is 1. The molecular weight excluding hydrogens is 288 g/mol. The van der Waals surface area contributed by atoms with E-state index in [1.807, 2.05) is 61.5 Å². The van der Waals surface area contributed by atoms with Crippen LogP contribution in [0.3, 0.4) is 0 Å². The lowest BCUT2D eigenvalue weighted by atomic mass is 10.1. The number of hydrogen-bond donors (Lipinski definition) is 2. The van der Waals surface area contributed by atoms with Gasteiger partial charge in [-0.25, -0.2) is 0 Å². The van der Waals surface area contributed by atoms with Crippen molar-refractivity contribution in [2.24, 2.45) is 0 Å². The van der Waals surface area contributed by atoms with E-state index in [4.69, 9.17) is 0 Å². The van der Waals surface area contributed by atoms with Gasteiger partial charge < -0.3 is 10.6 Å². The zero-order chi connectivity index (χ0) is 16.5. The van der Waals surface area contributed by atoms with Gasteiger partial charge in [-0.3, -0.25) is 9.59 Å². The summed E-state index contributed by atoms with van der Waals surface area (Å²) in [7, 11) is 0. The maximum atomic E-state index is 11.8. The highest BCUT2D eigenvalue weighted by molar-refractivity contribution is 5.94. The molecule has 2 aromatic rings. The first kappa shape index (κ1) is 16.5. The van der Waals surface area contributed by atoms with Gasteiger partial charge in [0.1, 0.15) is 0 Å². The van der Waals surface area contributed by atoms with E-state index in [0.29, 0.717) is 6.54 Å². The fourth-order valence-corrected chi connectivity index (χ4v) is 2.03. The average Bonchev–Trinajstić information content (AvgIpc) is 2.58. The molecule has 118 valence electrons. The minimum atomic E-state index is -0.292. The molecule has 0 aromatic heterocycles. The molecule has 23 heavy (non-hydrogen) atoms. The Kier molecular flexibility index (Phi) is 6.12. The van der Waals surface area contributed by atoms with E-state index < -0.39 is 0 Å². The molecule has 0 atom stereocenters. The summed E-state index contributed by atoms with van der Waals surface area (Å²) in [5, 5.41) is 5.36. The molecule has 0 spiro atoms. The molecule has 0 aliphatic carbocycles. The average molecular weight is 308 g/mol.